The van der Waals surface area contributed by atoms with Crippen LogP contribution in [0.1, 0.15) is 47.0 Å². The molecule has 9 heteroatoms. The Morgan fingerprint density at radius 3 is 2.04 bits per heavy atom. The maximum absolute atomic E-state index is 11.9. The predicted molar refractivity (Wildman–Crippen MR) is 88.3 cm³/mol. The summed E-state index contributed by atoms with van der Waals surface area (Å²) < 4.78 is 0. The standard InChI is InChI=1S/C10H17N3O4.C3H6O2.C2H6/c1-10(9(17)12-6-8(15)16)3-2-4-13(10)7(14)5-11;1-2-3(4)5;1-2/h2-6,11H2,1H3,(H,12,17)(H,15,16);2H2,1H3,(H,4,5);1-2H3/t10-;;/m0../s1. The fraction of sp³-hybridized carbons (Fsp3) is 0.733. The number of carbonyl (C=O) groups is 4. The van der Waals surface area contributed by atoms with Crippen LogP contribution in [-0.2, 0) is 19.2 Å². The van der Waals surface area contributed by atoms with E-state index in [1.807, 2.05) is 13.8 Å². The summed E-state index contributed by atoms with van der Waals surface area (Å²) in [7, 11) is 0. The van der Waals surface area contributed by atoms with Crippen LogP contribution >= 0.6 is 0 Å². The third kappa shape index (κ3) is 7.91. The van der Waals surface area contributed by atoms with E-state index in [4.69, 9.17) is 15.9 Å². The minimum Gasteiger partial charge on any atom is -0.481 e. The second-order valence-corrected chi connectivity index (χ2v) is 4.95. The number of amides is 2. The molecule has 24 heavy (non-hydrogen) atoms. The monoisotopic (exact) mass is 347 g/mol. The number of likely N-dealkylation sites (tertiary alicyclic amines) is 1. The van der Waals surface area contributed by atoms with E-state index >= 15 is 0 Å². The normalized spacial score (nSPS) is 18.5. The highest BCUT2D eigenvalue weighted by Crippen LogP contribution is 2.29. The van der Waals surface area contributed by atoms with E-state index in [-0.39, 0.29) is 18.9 Å². The quantitative estimate of drug-likeness (QED) is 0.548. The molecular weight excluding hydrogens is 318 g/mol. The van der Waals surface area contributed by atoms with Crippen LogP contribution in [0.5, 0.6) is 0 Å². The summed E-state index contributed by atoms with van der Waals surface area (Å²) in [5, 5.41) is 18.5. The highest BCUT2D eigenvalue weighted by Gasteiger charge is 2.45. The Hall–Kier alpha value is -2.16. The third-order valence-corrected chi connectivity index (χ3v) is 3.31. The number of carbonyl (C=O) groups excluding carboxylic acids is 2. The van der Waals surface area contributed by atoms with Crippen LogP contribution in [-0.4, -0.2) is 64.0 Å². The summed E-state index contributed by atoms with van der Waals surface area (Å²) in [4.78, 5) is 44.6. The zero-order valence-electron chi connectivity index (χ0n) is 14.8. The molecule has 1 heterocycles. The summed E-state index contributed by atoms with van der Waals surface area (Å²) in [5.74, 6) is -2.60. The van der Waals surface area contributed by atoms with E-state index in [0.29, 0.717) is 19.4 Å². The highest BCUT2D eigenvalue weighted by molar-refractivity contribution is 5.93. The second-order valence-electron chi connectivity index (χ2n) is 4.95. The fourth-order valence-corrected chi connectivity index (χ4v) is 2.06. The van der Waals surface area contributed by atoms with Gasteiger partial charge in [0.2, 0.25) is 11.8 Å². The van der Waals surface area contributed by atoms with Crippen LogP contribution in [0.2, 0.25) is 0 Å². The van der Waals surface area contributed by atoms with Gasteiger partial charge in [0.25, 0.3) is 0 Å². The van der Waals surface area contributed by atoms with Crippen LogP contribution in [0.25, 0.3) is 0 Å². The number of nitrogens with two attached hydrogens (primary N) is 1. The molecule has 0 aliphatic carbocycles. The zero-order chi connectivity index (χ0) is 19.3. The van der Waals surface area contributed by atoms with Gasteiger partial charge in [-0.1, -0.05) is 20.8 Å². The van der Waals surface area contributed by atoms with Gasteiger partial charge in [-0.15, -0.1) is 0 Å². The minimum absolute atomic E-state index is 0.151. The summed E-state index contributed by atoms with van der Waals surface area (Å²) in [6.07, 6.45) is 1.45. The molecule has 0 bridgehead atoms. The van der Waals surface area contributed by atoms with Gasteiger partial charge >= 0.3 is 11.9 Å². The Kier molecular flexibility index (Phi) is 12.3. The van der Waals surface area contributed by atoms with Crippen molar-refractivity contribution in [2.75, 3.05) is 19.6 Å². The lowest BCUT2D eigenvalue weighted by molar-refractivity contribution is -0.144. The molecule has 1 fully saturated rings. The molecule has 0 spiro atoms. The average molecular weight is 347 g/mol. The smallest absolute Gasteiger partial charge is 0.322 e. The van der Waals surface area contributed by atoms with Gasteiger partial charge in [0.05, 0.1) is 6.54 Å². The van der Waals surface area contributed by atoms with Crippen LogP contribution in [0, 0.1) is 0 Å². The first-order valence-corrected chi connectivity index (χ1v) is 7.91. The summed E-state index contributed by atoms with van der Waals surface area (Å²) in [6, 6.07) is 0. The summed E-state index contributed by atoms with van der Waals surface area (Å²) in [5.41, 5.74) is 4.30. The number of carboxylic acids is 2. The Labute approximate surface area is 142 Å². The van der Waals surface area contributed by atoms with E-state index in [1.165, 1.54) is 4.90 Å². The molecule has 140 valence electrons. The van der Waals surface area contributed by atoms with Crippen molar-refractivity contribution in [1.82, 2.24) is 10.2 Å². The second kappa shape index (κ2) is 12.3. The lowest BCUT2D eigenvalue weighted by atomic mass is 9.97. The van der Waals surface area contributed by atoms with E-state index in [1.54, 1.807) is 13.8 Å². The lowest BCUT2D eigenvalue weighted by Gasteiger charge is -2.33. The maximum Gasteiger partial charge on any atom is 0.322 e. The average Bonchev–Trinajstić information content (AvgIpc) is 2.97. The Morgan fingerprint density at radius 2 is 1.67 bits per heavy atom. The van der Waals surface area contributed by atoms with Gasteiger partial charge in [0.1, 0.15) is 12.1 Å². The first kappa shape index (κ1) is 24.1. The molecule has 0 unspecified atom stereocenters. The van der Waals surface area contributed by atoms with Crippen molar-refractivity contribution in [2.24, 2.45) is 5.73 Å². The lowest BCUT2D eigenvalue weighted by Crippen LogP contribution is -2.57. The fourth-order valence-electron chi connectivity index (χ4n) is 2.06. The molecule has 9 nitrogen and oxygen atoms in total. The molecule has 5 N–H and O–H groups in total. The van der Waals surface area contributed by atoms with E-state index in [9.17, 15) is 19.2 Å². The van der Waals surface area contributed by atoms with Crippen LogP contribution in [0.15, 0.2) is 0 Å². The molecule has 0 aromatic heterocycles. The molecule has 1 aliphatic heterocycles. The number of nitrogens with zero attached hydrogens (tertiary/aromatic N) is 1. The van der Waals surface area contributed by atoms with Gasteiger partial charge in [-0.3, -0.25) is 19.2 Å². The Balaban J connectivity index is 0. The number of nitrogens with one attached hydrogen (secondary N) is 1. The number of hydrogen-bond acceptors (Lipinski definition) is 5. The first-order valence-electron chi connectivity index (χ1n) is 7.91. The Bertz CT molecular complexity index is 441. The molecule has 0 saturated carbocycles. The van der Waals surface area contributed by atoms with Crippen molar-refractivity contribution in [1.29, 1.82) is 0 Å². The minimum atomic E-state index is -1.11. The molecule has 0 radical (unpaired) electrons. The number of carboxylic acid groups (broad SMARTS) is 2. The van der Waals surface area contributed by atoms with E-state index in [0.717, 1.165) is 0 Å². The largest absolute Gasteiger partial charge is 0.481 e. The number of hydrogen-bond donors (Lipinski definition) is 4. The maximum atomic E-state index is 11.9. The summed E-state index contributed by atoms with van der Waals surface area (Å²) in [6.45, 7) is 7.11. The van der Waals surface area contributed by atoms with Crippen molar-refractivity contribution < 1.29 is 29.4 Å². The van der Waals surface area contributed by atoms with Gasteiger partial charge in [0, 0.05) is 13.0 Å². The Morgan fingerprint density at radius 1 is 1.17 bits per heavy atom. The predicted octanol–water partition coefficient (Wildman–Crippen LogP) is 0.0342. The summed E-state index contributed by atoms with van der Waals surface area (Å²) >= 11 is 0. The van der Waals surface area contributed by atoms with Crippen LogP contribution in [0.4, 0.5) is 0 Å². The molecule has 0 aromatic carbocycles. The molecule has 1 aliphatic rings. The van der Waals surface area contributed by atoms with Gasteiger partial charge < -0.3 is 26.2 Å². The van der Waals surface area contributed by atoms with E-state index < -0.39 is 29.9 Å². The van der Waals surface area contributed by atoms with Crippen LogP contribution in [0.3, 0.4) is 0 Å². The molecular formula is C15H29N3O6. The number of rotatable bonds is 5. The molecule has 0 aromatic rings. The van der Waals surface area contributed by atoms with Crippen molar-refractivity contribution in [3.63, 3.8) is 0 Å². The first-order chi connectivity index (χ1) is 11.2. The van der Waals surface area contributed by atoms with Gasteiger partial charge in [-0.2, -0.15) is 0 Å². The van der Waals surface area contributed by atoms with Crippen LogP contribution < -0.4 is 11.1 Å². The SMILES string of the molecule is CC.CCC(=O)O.C[C@@]1(C(=O)NCC(=O)O)CCCN1C(=O)CN. The van der Waals surface area contributed by atoms with Gasteiger partial charge in [-0.05, 0) is 19.8 Å². The third-order valence-electron chi connectivity index (χ3n) is 3.31. The molecule has 2 amide bonds. The van der Waals surface area contributed by atoms with Crippen molar-refractivity contribution in [3.05, 3.63) is 0 Å². The topological polar surface area (TPSA) is 150 Å². The van der Waals surface area contributed by atoms with E-state index in [2.05, 4.69) is 5.32 Å². The van der Waals surface area contributed by atoms with Gasteiger partial charge in [-0.25, -0.2) is 0 Å². The van der Waals surface area contributed by atoms with Gasteiger partial charge in [0.15, 0.2) is 0 Å². The highest BCUT2D eigenvalue weighted by atomic mass is 16.4. The molecule has 1 rings (SSSR count). The molecule has 1 atom stereocenters. The number of aliphatic carboxylic acids is 2. The van der Waals surface area contributed by atoms with Crippen molar-refractivity contribution in [2.45, 2.75) is 52.5 Å². The van der Waals surface area contributed by atoms with Crippen molar-refractivity contribution >= 4 is 23.8 Å². The zero-order valence-corrected chi connectivity index (χ0v) is 14.8. The molecule has 1 saturated heterocycles. The van der Waals surface area contributed by atoms with Crippen molar-refractivity contribution in [3.8, 4) is 0 Å².